The lowest BCUT2D eigenvalue weighted by Crippen LogP contribution is -2.30. The molecule has 3 aromatic rings. The molecule has 2 aromatic carbocycles. The van der Waals surface area contributed by atoms with Gasteiger partial charge in [-0.05, 0) is 24.3 Å². The Morgan fingerprint density at radius 1 is 0.955 bits per heavy atom. The van der Waals surface area contributed by atoms with E-state index in [1.54, 1.807) is 54.6 Å². The number of hydrogen-bond acceptors (Lipinski definition) is 3. The van der Waals surface area contributed by atoms with Gasteiger partial charge in [-0.25, -0.2) is 8.42 Å². The van der Waals surface area contributed by atoms with Crippen LogP contribution in [-0.2, 0) is 10.0 Å². The van der Waals surface area contributed by atoms with E-state index in [0.29, 0.717) is 16.6 Å². The molecule has 0 saturated heterocycles. The van der Waals surface area contributed by atoms with Gasteiger partial charge in [-0.15, -0.1) is 0 Å². The van der Waals surface area contributed by atoms with E-state index in [2.05, 4.69) is 4.98 Å². The standard InChI is InChI=1S/C16H14N2O3S/c1-18(12-7-3-2-4-8-12)22(20,21)15-11-17-14-10-6-5-9-13(14)16(15)19/h2-11H,1H3,(H,17,19). The van der Waals surface area contributed by atoms with E-state index in [1.165, 1.54) is 13.2 Å². The number of nitrogens with zero attached hydrogens (tertiary/aromatic N) is 1. The zero-order valence-electron chi connectivity index (χ0n) is 11.9. The molecule has 1 N–H and O–H groups in total. The van der Waals surface area contributed by atoms with Gasteiger partial charge in [0, 0.05) is 24.1 Å². The number of hydrogen-bond donors (Lipinski definition) is 1. The topological polar surface area (TPSA) is 70.2 Å². The van der Waals surface area contributed by atoms with Crippen LogP contribution in [-0.4, -0.2) is 20.4 Å². The predicted molar refractivity (Wildman–Crippen MR) is 86.6 cm³/mol. The second-order valence-electron chi connectivity index (χ2n) is 4.84. The third-order valence-electron chi connectivity index (χ3n) is 3.51. The fourth-order valence-corrected chi connectivity index (χ4v) is 3.51. The summed E-state index contributed by atoms with van der Waals surface area (Å²) in [6.45, 7) is 0. The van der Waals surface area contributed by atoms with Crippen LogP contribution in [0.15, 0.2) is 70.5 Å². The van der Waals surface area contributed by atoms with Crippen molar-refractivity contribution in [1.82, 2.24) is 4.98 Å². The zero-order chi connectivity index (χ0) is 15.7. The van der Waals surface area contributed by atoms with E-state index in [9.17, 15) is 13.2 Å². The first-order valence-electron chi connectivity index (χ1n) is 6.66. The highest BCUT2D eigenvalue weighted by Gasteiger charge is 2.25. The highest BCUT2D eigenvalue weighted by Crippen LogP contribution is 2.20. The number of aromatic nitrogens is 1. The lowest BCUT2D eigenvalue weighted by molar-refractivity contribution is 0.593. The Kier molecular flexibility index (Phi) is 3.46. The molecule has 6 heteroatoms. The van der Waals surface area contributed by atoms with Crippen molar-refractivity contribution in [3.05, 3.63) is 71.0 Å². The summed E-state index contributed by atoms with van der Waals surface area (Å²) in [5.41, 5.74) is 0.598. The van der Waals surface area contributed by atoms with Crippen molar-refractivity contribution >= 4 is 26.6 Å². The average molecular weight is 314 g/mol. The lowest BCUT2D eigenvalue weighted by Gasteiger charge is -2.19. The molecule has 22 heavy (non-hydrogen) atoms. The molecule has 0 aliphatic carbocycles. The van der Waals surface area contributed by atoms with Gasteiger partial charge in [0.25, 0.3) is 10.0 Å². The Morgan fingerprint density at radius 3 is 2.32 bits per heavy atom. The molecular formula is C16H14N2O3S. The summed E-state index contributed by atoms with van der Waals surface area (Å²) < 4.78 is 26.5. The Balaban J connectivity index is 2.18. The largest absolute Gasteiger partial charge is 0.360 e. The van der Waals surface area contributed by atoms with Gasteiger partial charge in [0.05, 0.1) is 5.69 Å². The summed E-state index contributed by atoms with van der Waals surface area (Å²) in [6, 6.07) is 15.4. The molecule has 1 aromatic heterocycles. The van der Waals surface area contributed by atoms with Crippen LogP contribution in [0, 0.1) is 0 Å². The Bertz CT molecular complexity index is 979. The minimum absolute atomic E-state index is 0.266. The molecule has 1 heterocycles. The van der Waals surface area contributed by atoms with Crippen LogP contribution in [0.25, 0.3) is 10.9 Å². The van der Waals surface area contributed by atoms with Gasteiger partial charge in [-0.1, -0.05) is 30.3 Å². The Hall–Kier alpha value is -2.60. The van der Waals surface area contributed by atoms with Crippen LogP contribution in [0.2, 0.25) is 0 Å². The third-order valence-corrected chi connectivity index (χ3v) is 5.30. The molecule has 0 bridgehead atoms. The number of anilines is 1. The van der Waals surface area contributed by atoms with Gasteiger partial charge in [0.1, 0.15) is 0 Å². The molecule has 0 atom stereocenters. The first-order chi connectivity index (χ1) is 10.5. The molecule has 0 fully saturated rings. The number of nitrogens with one attached hydrogen (secondary N) is 1. The monoisotopic (exact) mass is 314 g/mol. The third kappa shape index (κ3) is 2.27. The maximum Gasteiger partial charge on any atom is 0.269 e. The number of sulfonamides is 1. The smallest absolute Gasteiger partial charge is 0.269 e. The number of benzene rings is 2. The molecule has 0 aliphatic heterocycles. The number of fused-ring (bicyclic) bond motifs is 1. The summed E-state index contributed by atoms with van der Waals surface area (Å²) in [7, 11) is -2.49. The first-order valence-corrected chi connectivity index (χ1v) is 8.10. The summed E-state index contributed by atoms with van der Waals surface area (Å²) in [5, 5.41) is 0.352. The number of aromatic amines is 1. The van der Waals surface area contributed by atoms with Crippen molar-refractivity contribution in [2.45, 2.75) is 4.90 Å². The van der Waals surface area contributed by atoms with Crippen LogP contribution >= 0.6 is 0 Å². The molecule has 5 nitrogen and oxygen atoms in total. The Morgan fingerprint density at radius 2 is 1.59 bits per heavy atom. The van der Waals surface area contributed by atoms with Crippen LogP contribution in [0.1, 0.15) is 0 Å². The predicted octanol–water partition coefficient (Wildman–Crippen LogP) is 2.35. The molecule has 0 saturated carbocycles. The second-order valence-corrected chi connectivity index (χ2v) is 6.77. The maximum absolute atomic E-state index is 12.7. The average Bonchev–Trinajstić information content (AvgIpc) is 2.55. The maximum atomic E-state index is 12.7. The van der Waals surface area contributed by atoms with Crippen LogP contribution < -0.4 is 9.73 Å². The van der Waals surface area contributed by atoms with Crippen molar-refractivity contribution in [3.8, 4) is 0 Å². The van der Waals surface area contributed by atoms with Crippen LogP contribution in [0.3, 0.4) is 0 Å². The first kappa shape index (κ1) is 14.3. The van der Waals surface area contributed by atoms with Crippen molar-refractivity contribution in [1.29, 1.82) is 0 Å². The number of H-pyrrole nitrogens is 1. The summed E-state index contributed by atoms with van der Waals surface area (Å²) in [4.78, 5) is 15.1. The molecule has 0 radical (unpaired) electrons. The van der Waals surface area contributed by atoms with Crippen molar-refractivity contribution in [2.24, 2.45) is 0 Å². The highest BCUT2D eigenvalue weighted by atomic mass is 32.2. The fraction of sp³-hybridized carbons (Fsp3) is 0.0625. The van der Waals surface area contributed by atoms with Crippen molar-refractivity contribution < 1.29 is 8.42 Å². The fourth-order valence-electron chi connectivity index (χ4n) is 2.26. The lowest BCUT2D eigenvalue weighted by atomic mass is 10.2. The van der Waals surface area contributed by atoms with E-state index in [1.807, 2.05) is 0 Å². The van der Waals surface area contributed by atoms with E-state index in [-0.39, 0.29) is 4.90 Å². The van der Waals surface area contributed by atoms with E-state index >= 15 is 0 Å². The van der Waals surface area contributed by atoms with Gasteiger partial charge < -0.3 is 4.98 Å². The number of para-hydroxylation sites is 2. The van der Waals surface area contributed by atoms with Crippen molar-refractivity contribution in [2.75, 3.05) is 11.4 Å². The summed E-state index contributed by atoms with van der Waals surface area (Å²) in [5.74, 6) is 0. The minimum Gasteiger partial charge on any atom is -0.360 e. The molecule has 0 amide bonds. The molecule has 0 unspecified atom stereocenters. The van der Waals surface area contributed by atoms with E-state index < -0.39 is 15.5 Å². The van der Waals surface area contributed by atoms with Gasteiger partial charge in [0.2, 0.25) is 5.43 Å². The number of pyridine rings is 1. The van der Waals surface area contributed by atoms with Crippen molar-refractivity contribution in [3.63, 3.8) is 0 Å². The number of rotatable bonds is 3. The van der Waals surface area contributed by atoms with E-state index in [0.717, 1.165) is 4.31 Å². The van der Waals surface area contributed by atoms with Crippen LogP contribution in [0.4, 0.5) is 5.69 Å². The molecule has 0 aliphatic rings. The normalized spacial score (nSPS) is 11.5. The Labute approximate surface area is 127 Å². The second kappa shape index (κ2) is 5.31. The van der Waals surface area contributed by atoms with Gasteiger partial charge in [0.15, 0.2) is 4.90 Å². The summed E-state index contributed by atoms with van der Waals surface area (Å²) >= 11 is 0. The van der Waals surface area contributed by atoms with E-state index in [4.69, 9.17) is 0 Å². The molecule has 3 rings (SSSR count). The van der Waals surface area contributed by atoms with Crippen LogP contribution in [0.5, 0.6) is 0 Å². The minimum atomic E-state index is -3.92. The van der Waals surface area contributed by atoms with Gasteiger partial charge in [-0.3, -0.25) is 9.10 Å². The zero-order valence-corrected chi connectivity index (χ0v) is 12.7. The highest BCUT2D eigenvalue weighted by molar-refractivity contribution is 7.92. The molecule has 112 valence electrons. The van der Waals surface area contributed by atoms with Gasteiger partial charge in [-0.2, -0.15) is 0 Å². The molecular weight excluding hydrogens is 300 g/mol. The quantitative estimate of drug-likeness (QED) is 0.807. The SMILES string of the molecule is CN(c1ccccc1)S(=O)(=O)c1c[nH]c2ccccc2c1=O. The molecule has 0 spiro atoms. The van der Waals surface area contributed by atoms with Gasteiger partial charge >= 0.3 is 0 Å². The summed E-state index contributed by atoms with van der Waals surface area (Å²) in [6.07, 6.45) is 1.25.